The number of carbonyl (C=O) groups is 3. The Morgan fingerprint density at radius 1 is 1.12 bits per heavy atom. The average Bonchev–Trinajstić information content (AvgIpc) is 3.29. The van der Waals surface area contributed by atoms with E-state index in [2.05, 4.69) is 47.7 Å². The van der Waals surface area contributed by atoms with Crippen LogP contribution in [0, 0.1) is 5.82 Å². The molecular weight excluding hydrogens is 553 g/mol. The van der Waals surface area contributed by atoms with Crippen LogP contribution in [0.1, 0.15) is 26.5 Å². The lowest BCUT2D eigenvalue weighted by molar-refractivity contribution is -0.120. The maximum atomic E-state index is 13.4. The molecule has 2 aromatic carbocycles. The highest BCUT2D eigenvalue weighted by molar-refractivity contribution is 9.11. The minimum absolute atomic E-state index is 0.0308. The molecule has 1 heterocycles. The van der Waals surface area contributed by atoms with Crippen LogP contribution in [0.5, 0.6) is 5.75 Å². The average molecular weight is 567 g/mol. The molecular formula is C21H14Br2FN3O5. The molecule has 0 bridgehead atoms. The summed E-state index contributed by atoms with van der Waals surface area (Å²) in [5.41, 5.74) is 2.63. The molecule has 0 fully saturated rings. The minimum Gasteiger partial charge on any atom is -0.459 e. The highest BCUT2D eigenvalue weighted by atomic mass is 79.9. The molecule has 0 aliphatic carbocycles. The maximum absolute atomic E-state index is 13.4. The summed E-state index contributed by atoms with van der Waals surface area (Å²) in [6, 6.07) is 11.3. The molecule has 0 aliphatic rings. The molecule has 0 spiro atoms. The van der Waals surface area contributed by atoms with Gasteiger partial charge in [0, 0.05) is 10.0 Å². The number of esters is 1. The van der Waals surface area contributed by atoms with Gasteiger partial charge in [-0.2, -0.15) is 5.10 Å². The Kier molecular flexibility index (Phi) is 7.90. The number of furan rings is 1. The Morgan fingerprint density at radius 2 is 1.94 bits per heavy atom. The van der Waals surface area contributed by atoms with E-state index in [1.54, 1.807) is 18.2 Å². The van der Waals surface area contributed by atoms with Crippen molar-refractivity contribution in [1.29, 1.82) is 0 Å². The van der Waals surface area contributed by atoms with Crippen LogP contribution in [0.15, 0.2) is 73.3 Å². The molecule has 3 rings (SSSR count). The number of amides is 2. The zero-order valence-corrected chi connectivity index (χ0v) is 19.3. The number of hydrazone groups is 1. The number of ether oxygens (including phenoxy) is 1. The van der Waals surface area contributed by atoms with Crippen molar-refractivity contribution in [3.63, 3.8) is 0 Å². The van der Waals surface area contributed by atoms with Gasteiger partial charge in [0.25, 0.3) is 11.8 Å². The zero-order chi connectivity index (χ0) is 23.1. The van der Waals surface area contributed by atoms with Gasteiger partial charge in [-0.3, -0.25) is 9.59 Å². The lowest BCUT2D eigenvalue weighted by atomic mass is 10.2. The summed E-state index contributed by atoms with van der Waals surface area (Å²) in [5.74, 6) is -2.29. The first kappa shape index (κ1) is 23.4. The topological polar surface area (TPSA) is 110 Å². The lowest BCUT2D eigenvalue weighted by Gasteiger charge is -2.10. The van der Waals surface area contributed by atoms with E-state index < -0.39 is 23.6 Å². The predicted octanol–water partition coefficient (Wildman–Crippen LogP) is 4.04. The summed E-state index contributed by atoms with van der Waals surface area (Å²) in [6.07, 6.45) is 2.60. The summed E-state index contributed by atoms with van der Waals surface area (Å²) in [6.45, 7) is -0.333. The van der Waals surface area contributed by atoms with E-state index in [4.69, 9.17) is 9.15 Å². The molecule has 0 atom stereocenters. The first-order valence-corrected chi connectivity index (χ1v) is 10.5. The second-order valence-corrected chi connectivity index (χ2v) is 7.93. The molecule has 2 amide bonds. The third-order valence-electron chi connectivity index (χ3n) is 3.84. The lowest BCUT2D eigenvalue weighted by Crippen LogP contribution is -2.34. The Morgan fingerprint density at radius 3 is 2.66 bits per heavy atom. The maximum Gasteiger partial charge on any atom is 0.343 e. The van der Waals surface area contributed by atoms with Gasteiger partial charge in [-0.15, -0.1) is 0 Å². The van der Waals surface area contributed by atoms with Gasteiger partial charge in [0.2, 0.25) is 0 Å². The van der Waals surface area contributed by atoms with E-state index in [9.17, 15) is 18.8 Å². The predicted molar refractivity (Wildman–Crippen MR) is 120 cm³/mol. The summed E-state index contributed by atoms with van der Waals surface area (Å²) in [7, 11) is 0. The van der Waals surface area contributed by atoms with Crippen LogP contribution in [-0.4, -0.2) is 30.5 Å². The Bertz CT molecular complexity index is 1180. The number of halogens is 3. The van der Waals surface area contributed by atoms with Gasteiger partial charge < -0.3 is 14.5 Å². The molecule has 1 aromatic heterocycles. The second kappa shape index (κ2) is 10.8. The van der Waals surface area contributed by atoms with Gasteiger partial charge in [0.1, 0.15) is 5.82 Å². The standard InChI is InChI=1S/C21H14Br2FN3O5/c22-14-7-13(10-26-27-18(28)11-25-20(29)17-5-2-6-31-17)19(16(23)9-14)32-21(30)12-3-1-4-15(24)8-12/h1-10H,11H2,(H,25,29)(H,27,28)/b26-10-. The number of rotatable bonds is 7. The van der Waals surface area contributed by atoms with E-state index in [1.807, 2.05) is 0 Å². The van der Waals surface area contributed by atoms with E-state index in [0.717, 1.165) is 6.07 Å². The van der Waals surface area contributed by atoms with Crippen molar-refractivity contribution in [1.82, 2.24) is 10.7 Å². The molecule has 0 saturated heterocycles. The highest BCUT2D eigenvalue weighted by Gasteiger charge is 2.16. The van der Waals surface area contributed by atoms with Crippen molar-refractivity contribution < 1.29 is 27.9 Å². The molecule has 0 aliphatic heterocycles. The zero-order valence-electron chi connectivity index (χ0n) is 16.1. The summed E-state index contributed by atoms with van der Waals surface area (Å²) >= 11 is 6.63. The quantitative estimate of drug-likeness (QED) is 0.194. The fourth-order valence-electron chi connectivity index (χ4n) is 2.42. The summed E-state index contributed by atoms with van der Waals surface area (Å²) in [4.78, 5) is 36.1. The van der Waals surface area contributed by atoms with E-state index >= 15 is 0 Å². The van der Waals surface area contributed by atoms with Crippen LogP contribution in [0.3, 0.4) is 0 Å². The first-order valence-electron chi connectivity index (χ1n) is 8.94. The van der Waals surface area contributed by atoms with Crippen LogP contribution in [0.25, 0.3) is 0 Å². The van der Waals surface area contributed by atoms with Crippen LogP contribution >= 0.6 is 31.9 Å². The van der Waals surface area contributed by atoms with Crippen LogP contribution < -0.4 is 15.5 Å². The van der Waals surface area contributed by atoms with Gasteiger partial charge in [-0.05, 0) is 58.4 Å². The summed E-state index contributed by atoms with van der Waals surface area (Å²) < 4.78 is 24.8. The molecule has 0 radical (unpaired) electrons. The molecule has 32 heavy (non-hydrogen) atoms. The molecule has 2 N–H and O–H groups in total. The van der Waals surface area contributed by atoms with Gasteiger partial charge >= 0.3 is 5.97 Å². The normalized spacial score (nSPS) is 10.7. The SMILES string of the molecule is O=C(CNC(=O)c1ccco1)N/N=C\c1cc(Br)cc(Br)c1OC(=O)c1cccc(F)c1. The monoisotopic (exact) mass is 565 g/mol. The number of nitrogens with zero attached hydrogens (tertiary/aromatic N) is 1. The van der Waals surface area contributed by atoms with Gasteiger partial charge in [-0.1, -0.05) is 22.0 Å². The molecule has 0 saturated carbocycles. The number of nitrogens with one attached hydrogen (secondary N) is 2. The molecule has 0 unspecified atom stereocenters. The Hall–Kier alpha value is -3.31. The molecule has 3 aromatic rings. The molecule has 8 nitrogen and oxygen atoms in total. The van der Waals surface area contributed by atoms with E-state index in [1.165, 1.54) is 36.7 Å². The first-order chi connectivity index (χ1) is 15.3. The van der Waals surface area contributed by atoms with Gasteiger partial charge in [0.15, 0.2) is 11.5 Å². The van der Waals surface area contributed by atoms with Gasteiger partial charge in [-0.25, -0.2) is 14.6 Å². The van der Waals surface area contributed by atoms with Crippen molar-refractivity contribution in [3.8, 4) is 5.75 Å². The fourth-order valence-corrected chi connectivity index (χ4v) is 3.76. The molecule has 11 heteroatoms. The highest BCUT2D eigenvalue weighted by Crippen LogP contribution is 2.32. The van der Waals surface area contributed by atoms with Crippen molar-refractivity contribution in [2.24, 2.45) is 5.10 Å². The third kappa shape index (κ3) is 6.34. The minimum atomic E-state index is -0.771. The fraction of sp³-hybridized carbons (Fsp3) is 0.0476. The Labute approximate surface area is 198 Å². The Balaban J connectivity index is 1.66. The van der Waals surface area contributed by atoms with Crippen molar-refractivity contribution in [2.75, 3.05) is 6.54 Å². The van der Waals surface area contributed by atoms with Gasteiger partial charge in [0.05, 0.1) is 29.1 Å². The number of benzene rings is 2. The number of hydrogen-bond donors (Lipinski definition) is 2. The largest absolute Gasteiger partial charge is 0.459 e. The second-order valence-electron chi connectivity index (χ2n) is 6.16. The third-order valence-corrected chi connectivity index (χ3v) is 4.89. The number of hydrogen-bond acceptors (Lipinski definition) is 6. The van der Waals surface area contributed by atoms with E-state index in [-0.39, 0.29) is 23.6 Å². The van der Waals surface area contributed by atoms with Crippen LogP contribution in [-0.2, 0) is 4.79 Å². The van der Waals surface area contributed by atoms with Crippen LogP contribution in [0.2, 0.25) is 0 Å². The molecule has 164 valence electrons. The number of carbonyl (C=O) groups excluding carboxylic acids is 3. The van der Waals surface area contributed by atoms with Crippen molar-refractivity contribution in [3.05, 3.63) is 86.4 Å². The smallest absolute Gasteiger partial charge is 0.343 e. The van der Waals surface area contributed by atoms with E-state index in [0.29, 0.717) is 14.5 Å². The van der Waals surface area contributed by atoms with Crippen molar-refractivity contribution >= 4 is 55.9 Å². The van der Waals surface area contributed by atoms with Crippen molar-refractivity contribution in [2.45, 2.75) is 0 Å². The summed E-state index contributed by atoms with van der Waals surface area (Å²) in [5, 5.41) is 6.21. The van der Waals surface area contributed by atoms with Crippen LogP contribution in [0.4, 0.5) is 4.39 Å².